The van der Waals surface area contributed by atoms with Gasteiger partial charge in [-0.1, -0.05) is 6.07 Å². The number of nitrogens with one attached hydrogen (secondary N) is 1. The van der Waals surface area contributed by atoms with Gasteiger partial charge in [0, 0.05) is 8.51 Å². The Bertz CT molecular complexity index is 510. The van der Waals surface area contributed by atoms with Gasteiger partial charge in [0.1, 0.15) is 0 Å². The van der Waals surface area contributed by atoms with E-state index in [9.17, 15) is 13.2 Å². The fourth-order valence-electron chi connectivity index (χ4n) is 1.05. The van der Waals surface area contributed by atoms with E-state index in [-0.39, 0.29) is 14.3 Å². The molecular weight excluding hydrogens is 292 g/mol. The molecule has 2 atom stereocenters. The molecule has 10 heteroatoms. The highest BCUT2D eigenvalue weighted by atomic mass is 31.1. The number of alkyl halides is 3. The third kappa shape index (κ3) is 3.53. The van der Waals surface area contributed by atoms with Crippen LogP contribution in [0.25, 0.3) is 0 Å². The number of halogens is 3. The second-order valence-electron chi connectivity index (χ2n) is 2.93. The lowest BCUT2D eigenvalue weighted by Crippen LogP contribution is -2.05. The standard InChI is InChI=1S/C7H7F3N3OP3/c8-7(9,10)5-2-1-3-6(4-5)14-13-16-11-15-12-17-13/h1-4,11,15-16H. The van der Waals surface area contributed by atoms with E-state index in [0.717, 1.165) is 12.1 Å². The monoisotopic (exact) mass is 299 g/mol. The van der Waals surface area contributed by atoms with Gasteiger partial charge in [0.15, 0.2) is 14.3 Å². The number of hydrogen-bond acceptors (Lipinski definition) is 2. The first kappa shape index (κ1) is 12.6. The van der Waals surface area contributed by atoms with Crippen LogP contribution in [0.5, 0.6) is 5.75 Å². The SMILES string of the molecule is FC(F)(F)c1cccc(On2pn[pH][nH][pH]2)c1. The van der Waals surface area contributed by atoms with Crippen LogP contribution in [0, 0.1) is 0 Å². The van der Waals surface area contributed by atoms with Gasteiger partial charge in [-0.25, -0.2) is 0 Å². The molecule has 0 aliphatic heterocycles. The summed E-state index contributed by atoms with van der Waals surface area (Å²) in [5, 5.41) is 0. The van der Waals surface area contributed by atoms with Crippen molar-refractivity contribution in [3.05, 3.63) is 29.8 Å². The first-order valence-electron chi connectivity index (χ1n) is 4.37. The van der Waals surface area contributed by atoms with Gasteiger partial charge >= 0.3 is 6.18 Å². The summed E-state index contributed by atoms with van der Waals surface area (Å²) in [7, 11) is 1.10. The predicted octanol–water partition coefficient (Wildman–Crippen LogP) is 3.84. The number of hydrogen-bond donors (Lipinski definition) is 1. The fourth-order valence-corrected chi connectivity index (χ4v) is 4.10. The number of benzene rings is 1. The maximum Gasteiger partial charge on any atom is 0.416 e. The molecule has 0 aliphatic carbocycles. The van der Waals surface area contributed by atoms with Gasteiger partial charge in [0.25, 0.3) is 0 Å². The van der Waals surface area contributed by atoms with Crippen molar-refractivity contribution in [3.63, 3.8) is 0 Å². The third-order valence-electron chi connectivity index (χ3n) is 1.74. The summed E-state index contributed by atoms with van der Waals surface area (Å²) in [6, 6.07) is 4.77. The van der Waals surface area contributed by atoms with Gasteiger partial charge in [0.05, 0.1) is 14.1 Å². The van der Waals surface area contributed by atoms with E-state index < -0.39 is 11.7 Å². The Kier molecular flexibility index (Phi) is 3.82. The first-order valence-corrected chi connectivity index (χ1v) is 7.07. The lowest BCUT2D eigenvalue weighted by molar-refractivity contribution is -0.137. The predicted molar refractivity (Wildman–Crippen MR) is 63.2 cm³/mol. The second-order valence-corrected chi connectivity index (χ2v) is 6.50. The minimum absolute atomic E-state index is 0.155. The van der Waals surface area contributed by atoms with Crippen LogP contribution < -0.4 is 4.84 Å². The highest BCUT2D eigenvalue weighted by molar-refractivity contribution is 7.44. The van der Waals surface area contributed by atoms with Crippen molar-refractivity contribution in [2.24, 2.45) is 0 Å². The Morgan fingerprint density at radius 3 is 2.88 bits per heavy atom. The lowest BCUT2D eigenvalue weighted by atomic mass is 10.2. The van der Waals surface area contributed by atoms with Crippen molar-refractivity contribution in [3.8, 4) is 5.75 Å². The Labute approximate surface area is 99.1 Å². The second kappa shape index (κ2) is 5.18. The van der Waals surface area contributed by atoms with Crippen molar-refractivity contribution in [1.29, 1.82) is 0 Å². The molecule has 4 nitrogen and oxygen atoms in total. The van der Waals surface area contributed by atoms with Crippen LogP contribution in [0.1, 0.15) is 5.56 Å². The van der Waals surface area contributed by atoms with Gasteiger partial charge in [-0.15, -0.1) is 4.26 Å². The summed E-state index contributed by atoms with van der Waals surface area (Å²) in [5.41, 5.74) is -0.723. The van der Waals surface area contributed by atoms with Gasteiger partial charge in [-0.3, -0.25) is 0 Å². The van der Waals surface area contributed by atoms with Gasteiger partial charge in [0.2, 0.25) is 0 Å². The molecule has 0 radical (unpaired) electrons. The van der Waals surface area contributed by atoms with Crippen LogP contribution in [-0.2, 0) is 6.18 Å². The molecule has 0 bridgehead atoms. The van der Waals surface area contributed by atoms with E-state index in [1.165, 1.54) is 16.4 Å². The lowest BCUT2D eigenvalue weighted by Gasteiger charge is -2.09. The molecule has 1 heterocycles. The van der Waals surface area contributed by atoms with E-state index in [1.54, 1.807) is 0 Å². The molecule has 1 aromatic carbocycles. The summed E-state index contributed by atoms with van der Waals surface area (Å²) in [6.07, 6.45) is -4.36. The van der Waals surface area contributed by atoms with Crippen LogP contribution in [-0.4, -0.2) is 13.3 Å². The molecule has 0 saturated carbocycles. The van der Waals surface area contributed by atoms with E-state index in [1.807, 2.05) is 0 Å². The zero-order valence-electron chi connectivity index (χ0n) is 8.19. The molecule has 0 aliphatic rings. The molecule has 1 N–H and O–H groups in total. The van der Waals surface area contributed by atoms with E-state index in [0.29, 0.717) is 17.0 Å². The Balaban J connectivity index is 2.23. The van der Waals surface area contributed by atoms with Crippen molar-refractivity contribution in [2.75, 3.05) is 0 Å². The molecule has 2 aromatic rings. The smallest absolute Gasteiger partial charge is 0.366 e. The van der Waals surface area contributed by atoms with Crippen molar-refractivity contribution in [2.45, 2.75) is 6.18 Å². The average molecular weight is 299 g/mol. The van der Waals surface area contributed by atoms with Gasteiger partial charge in [-0.2, -0.15) is 17.7 Å². The Hall–Kier alpha value is -0.890. The average Bonchev–Trinajstić information content (AvgIpc) is 2.29. The minimum atomic E-state index is -4.36. The number of rotatable bonds is 2. The van der Waals surface area contributed by atoms with Crippen LogP contribution in [0.15, 0.2) is 24.3 Å². The van der Waals surface area contributed by atoms with E-state index in [4.69, 9.17) is 4.84 Å². The number of aromatic amines is 1. The zero-order chi connectivity index (χ0) is 12.3. The molecular formula is C7H7F3N3OP3. The van der Waals surface area contributed by atoms with Gasteiger partial charge in [-0.05, 0) is 18.2 Å². The van der Waals surface area contributed by atoms with E-state index >= 15 is 0 Å². The highest BCUT2D eigenvalue weighted by Crippen LogP contribution is 2.31. The molecule has 0 spiro atoms. The van der Waals surface area contributed by atoms with Gasteiger partial charge < -0.3 is 9.35 Å². The first-order chi connectivity index (χ1) is 8.05. The quantitative estimate of drug-likeness (QED) is 0.915. The van der Waals surface area contributed by atoms with Crippen molar-refractivity contribution in [1.82, 2.24) is 13.3 Å². The summed E-state index contributed by atoms with van der Waals surface area (Å²) in [5.74, 6) is 0.155. The summed E-state index contributed by atoms with van der Waals surface area (Å²) < 4.78 is 45.8. The van der Waals surface area contributed by atoms with Crippen LogP contribution >= 0.6 is 25.5 Å². The largest absolute Gasteiger partial charge is 0.416 e. The summed E-state index contributed by atoms with van der Waals surface area (Å²) in [4.78, 5) is 5.27. The zero-order valence-corrected chi connectivity index (χ0v) is 11.1. The molecule has 0 fully saturated rings. The van der Waals surface area contributed by atoms with Crippen molar-refractivity contribution >= 4 is 25.5 Å². The molecule has 2 rings (SSSR count). The molecule has 2 unspecified atom stereocenters. The maximum atomic E-state index is 12.4. The maximum absolute atomic E-state index is 12.4. The van der Waals surface area contributed by atoms with Crippen LogP contribution in [0.4, 0.5) is 13.2 Å². The molecule has 1 aromatic heterocycles. The molecule has 92 valence electrons. The van der Waals surface area contributed by atoms with E-state index in [2.05, 4.69) is 9.02 Å². The number of H-pyrrole nitrogens is 1. The summed E-state index contributed by atoms with van der Waals surface area (Å²) >= 11 is 0. The number of aromatic nitrogens is 3. The highest BCUT2D eigenvalue weighted by Gasteiger charge is 2.30. The molecule has 0 saturated heterocycles. The molecule has 17 heavy (non-hydrogen) atoms. The Morgan fingerprint density at radius 1 is 1.41 bits per heavy atom. The Morgan fingerprint density at radius 2 is 2.24 bits per heavy atom. The van der Waals surface area contributed by atoms with Crippen LogP contribution in [0.3, 0.4) is 0 Å². The van der Waals surface area contributed by atoms with Crippen molar-refractivity contribution < 1.29 is 18.0 Å². The minimum Gasteiger partial charge on any atom is -0.366 e. The summed E-state index contributed by atoms with van der Waals surface area (Å²) in [6.45, 7) is 0. The third-order valence-corrected chi connectivity index (χ3v) is 4.48. The molecule has 0 amide bonds. The van der Waals surface area contributed by atoms with Crippen LogP contribution in [0.2, 0.25) is 0 Å². The normalized spacial score (nSPS) is 12.6. The number of nitrogens with zero attached hydrogens (tertiary/aromatic N) is 2. The topological polar surface area (TPSA) is 42.8 Å². The fraction of sp³-hybridized carbons (Fsp3) is 0.143.